The number of rotatable bonds is 2. The number of aryl methyl sites for hydroxylation is 1. The van der Waals surface area contributed by atoms with Crippen molar-refractivity contribution in [2.45, 2.75) is 37.6 Å². The summed E-state index contributed by atoms with van der Waals surface area (Å²) in [5.41, 5.74) is 7.29. The fraction of sp³-hybridized carbons (Fsp3) is 0.538. The number of carbonyl (C=O) groups is 1. The Morgan fingerprint density at radius 2 is 2.44 bits per heavy atom. The van der Waals surface area contributed by atoms with E-state index in [9.17, 15) is 9.90 Å². The van der Waals surface area contributed by atoms with Crippen molar-refractivity contribution >= 4 is 5.91 Å². The van der Waals surface area contributed by atoms with Gasteiger partial charge in [0.25, 0.3) is 0 Å². The molecule has 1 aromatic rings. The van der Waals surface area contributed by atoms with Crippen molar-refractivity contribution in [3.8, 4) is 0 Å². The molecule has 18 heavy (non-hydrogen) atoms. The number of fused-ring (bicyclic) bond motifs is 2. The molecule has 1 aromatic heterocycles. The van der Waals surface area contributed by atoms with Gasteiger partial charge in [-0.05, 0) is 31.0 Å². The van der Waals surface area contributed by atoms with Crippen LogP contribution >= 0.6 is 0 Å². The lowest BCUT2D eigenvalue weighted by Crippen LogP contribution is -2.45. The van der Waals surface area contributed by atoms with Gasteiger partial charge in [0, 0.05) is 24.2 Å². The maximum Gasteiger partial charge on any atom is 0.226 e. The number of hydrogen-bond donors (Lipinski definition) is 2. The SMILES string of the molecule is Cc1cc(C2C3CCC(O)(O3)C2C(N)=O)ccn1. The van der Waals surface area contributed by atoms with Gasteiger partial charge in [0.05, 0.1) is 6.10 Å². The first-order valence-corrected chi connectivity index (χ1v) is 6.13. The number of hydrogen-bond acceptors (Lipinski definition) is 4. The molecule has 3 heterocycles. The predicted molar refractivity (Wildman–Crippen MR) is 63.5 cm³/mol. The molecule has 3 N–H and O–H groups in total. The molecule has 5 nitrogen and oxygen atoms in total. The van der Waals surface area contributed by atoms with Gasteiger partial charge in [-0.3, -0.25) is 9.78 Å². The lowest BCUT2D eigenvalue weighted by Gasteiger charge is -2.30. The molecule has 2 fully saturated rings. The highest BCUT2D eigenvalue weighted by molar-refractivity contribution is 5.79. The van der Waals surface area contributed by atoms with Crippen LogP contribution in [0.25, 0.3) is 0 Å². The summed E-state index contributed by atoms with van der Waals surface area (Å²) in [5, 5.41) is 10.3. The van der Waals surface area contributed by atoms with E-state index in [0.29, 0.717) is 6.42 Å². The molecule has 0 spiro atoms. The summed E-state index contributed by atoms with van der Waals surface area (Å²) in [4.78, 5) is 15.8. The van der Waals surface area contributed by atoms with E-state index in [4.69, 9.17) is 10.5 Å². The van der Waals surface area contributed by atoms with E-state index in [1.807, 2.05) is 19.1 Å². The van der Waals surface area contributed by atoms with Crippen LogP contribution in [0.3, 0.4) is 0 Å². The third-order valence-corrected chi connectivity index (χ3v) is 4.00. The largest absolute Gasteiger partial charge is 0.369 e. The first-order chi connectivity index (χ1) is 8.51. The summed E-state index contributed by atoms with van der Waals surface area (Å²) in [7, 11) is 0. The Kier molecular flexibility index (Phi) is 2.43. The topological polar surface area (TPSA) is 85.4 Å². The molecule has 96 valence electrons. The van der Waals surface area contributed by atoms with E-state index in [2.05, 4.69) is 4.98 Å². The number of ether oxygens (including phenoxy) is 1. The second-order valence-electron chi connectivity index (χ2n) is 5.18. The fourth-order valence-corrected chi connectivity index (χ4v) is 3.29. The summed E-state index contributed by atoms with van der Waals surface area (Å²) in [6.07, 6.45) is 2.81. The highest BCUT2D eigenvalue weighted by Crippen LogP contribution is 2.53. The third-order valence-electron chi connectivity index (χ3n) is 4.00. The Labute approximate surface area is 105 Å². The van der Waals surface area contributed by atoms with Crippen LogP contribution < -0.4 is 5.73 Å². The molecular formula is C13H16N2O3. The molecule has 4 atom stereocenters. The molecule has 0 aromatic carbocycles. The highest BCUT2D eigenvalue weighted by Gasteiger charge is 2.61. The monoisotopic (exact) mass is 248 g/mol. The molecule has 2 aliphatic rings. The molecular weight excluding hydrogens is 232 g/mol. The van der Waals surface area contributed by atoms with Crippen LogP contribution in [0.2, 0.25) is 0 Å². The molecule has 2 bridgehead atoms. The minimum absolute atomic E-state index is 0.130. The van der Waals surface area contributed by atoms with Crippen LogP contribution in [-0.2, 0) is 9.53 Å². The van der Waals surface area contributed by atoms with Crippen molar-refractivity contribution in [1.29, 1.82) is 0 Å². The molecule has 0 saturated carbocycles. The second-order valence-corrected chi connectivity index (χ2v) is 5.18. The quantitative estimate of drug-likeness (QED) is 0.796. The van der Waals surface area contributed by atoms with Crippen LogP contribution in [0.4, 0.5) is 0 Å². The van der Waals surface area contributed by atoms with Crippen LogP contribution in [0.5, 0.6) is 0 Å². The minimum Gasteiger partial charge on any atom is -0.369 e. The number of carbonyl (C=O) groups excluding carboxylic acids is 1. The molecule has 1 amide bonds. The average molecular weight is 248 g/mol. The van der Waals surface area contributed by atoms with E-state index in [1.54, 1.807) is 6.20 Å². The van der Waals surface area contributed by atoms with Crippen LogP contribution in [0.15, 0.2) is 18.3 Å². The van der Waals surface area contributed by atoms with E-state index in [-0.39, 0.29) is 12.0 Å². The van der Waals surface area contributed by atoms with E-state index in [1.165, 1.54) is 0 Å². The Balaban J connectivity index is 2.03. The summed E-state index contributed by atoms with van der Waals surface area (Å²) in [5.74, 6) is -2.71. The summed E-state index contributed by atoms with van der Waals surface area (Å²) in [6.45, 7) is 1.89. The maximum absolute atomic E-state index is 11.6. The van der Waals surface area contributed by atoms with Gasteiger partial charge in [-0.15, -0.1) is 0 Å². The van der Waals surface area contributed by atoms with E-state index >= 15 is 0 Å². The average Bonchev–Trinajstić information content (AvgIpc) is 2.81. The number of nitrogens with zero attached hydrogens (tertiary/aromatic N) is 1. The van der Waals surface area contributed by atoms with Gasteiger partial charge in [0.15, 0.2) is 5.79 Å². The molecule has 3 rings (SSSR count). The summed E-state index contributed by atoms with van der Waals surface area (Å²) >= 11 is 0. The number of aromatic nitrogens is 1. The molecule has 5 heteroatoms. The van der Waals surface area contributed by atoms with Crippen LogP contribution in [0, 0.1) is 12.8 Å². The Morgan fingerprint density at radius 1 is 1.67 bits per heavy atom. The maximum atomic E-state index is 11.6. The lowest BCUT2D eigenvalue weighted by atomic mass is 9.73. The number of aliphatic hydroxyl groups is 1. The summed E-state index contributed by atoms with van der Waals surface area (Å²) in [6, 6.07) is 3.79. The smallest absolute Gasteiger partial charge is 0.226 e. The Hall–Kier alpha value is -1.46. The van der Waals surface area contributed by atoms with Gasteiger partial charge in [-0.25, -0.2) is 0 Å². The molecule has 2 aliphatic heterocycles. The third kappa shape index (κ3) is 1.54. The first kappa shape index (κ1) is 11.6. The normalized spacial score (nSPS) is 38.0. The summed E-state index contributed by atoms with van der Waals surface area (Å²) < 4.78 is 5.57. The Morgan fingerprint density at radius 3 is 3.11 bits per heavy atom. The molecule has 0 aliphatic carbocycles. The second kappa shape index (κ2) is 3.76. The van der Waals surface area contributed by atoms with Gasteiger partial charge in [-0.1, -0.05) is 0 Å². The van der Waals surface area contributed by atoms with Crippen LogP contribution in [0.1, 0.15) is 30.0 Å². The van der Waals surface area contributed by atoms with Gasteiger partial charge in [-0.2, -0.15) is 0 Å². The molecule has 2 saturated heterocycles. The number of amides is 1. The lowest BCUT2D eigenvalue weighted by molar-refractivity contribution is -0.183. The molecule has 0 radical (unpaired) electrons. The zero-order chi connectivity index (χ0) is 12.9. The van der Waals surface area contributed by atoms with Crippen LogP contribution in [-0.4, -0.2) is 27.9 Å². The number of nitrogens with two attached hydrogens (primary N) is 1. The van der Waals surface area contributed by atoms with Crippen molar-refractivity contribution < 1.29 is 14.6 Å². The fourth-order valence-electron chi connectivity index (χ4n) is 3.29. The van der Waals surface area contributed by atoms with Crippen molar-refractivity contribution in [3.63, 3.8) is 0 Å². The zero-order valence-electron chi connectivity index (χ0n) is 10.2. The van der Waals surface area contributed by atoms with Crippen molar-refractivity contribution in [3.05, 3.63) is 29.6 Å². The van der Waals surface area contributed by atoms with Gasteiger partial charge < -0.3 is 15.6 Å². The minimum atomic E-state index is -1.38. The number of pyridine rings is 1. The standard InChI is InChI=1S/C13H16N2O3/c1-7-6-8(3-5-15-7)10-9-2-4-13(17,18-9)11(10)12(14)16/h3,5-6,9-11,17H,2,4H2,1H3,(H2,14,16). The predicted octanol–water partition coefficient (Wildman–Crippen LogP) is 0.456. The van der Waals surface area contributed by atoms with Gasteiger partial charge >= 0.3 is 0 Å². The van der Waals surface area contributed by atoms with Gasteiger partial charge in [0.2, 0.25) is 5.91 Å². The highest BCUT2D eigenvalue weighted by atomic mass is 16.6. The van der Waals surface area contributed by atoms with E-state index in [0.717, 1.165) is 17.7 Å². The van der Waals surface area contributed by atoms with E-state index < -0.39 is 17.6 Å². The number of primary amides is 1. The van der Waals surface area contributed by atoms with Gasteiger partial charge in [0.1, 0.15) is 5.92 Å². The zero-order valence-corrected chi connectivity index (χ0v) is 10.2. The van der Waals surface area contributed by atoms with Crippen molar-refractivity contribution in [2.75, 3.05) is 0 Å². The van der Waals surface area contributed by atoms with Crippen molar-refractivity contribution in [1.82, 2.24) is 4.98 Å². The Bertz CT molecular complexity index is 505. The molecule has 4 unspecified atom stereocenters. The first-order valence-electron chi connectivity index (χ1n) is 6.13. The van der Waals surface area contributed by atoms with Crippen molar-refractivity contribution in [2.24, 2.45) is 11.7 Å².